The zero-order chi connectivity index (χ0) is 11.8. The van der Waals surface area contributed by atoms with Crippen molar-refractivity contribution in [1.82, 2.24) is 4.90 Å². The molecule has 0 amide bonds. The lowest BCUT2D eigenvalue weighted by atomic mass is 10.0. The summed E-state index contributed by atoms with van der Waals surface area (Å²) in [5.74, 6) is -0.0661. The Morgan fingerprint density at radius 2 is 1.67 bits per heavy atom. The Morgan fingerprint density at radius 3 is 1.93 bits per heavy atom. The van der Waals surface area contributed by atoms with Crippen LogP contribution in [0.3, 0.4) is 0 Å². The highest BCUT2D eigenvalue weighted by atomic mass is 16.4. The zero-order valence-electron chi connectivity index (χ0n) is 10.5. The maximum atomic E-state index is 11.0. The number of carbonyl (C=O) groups is 1. The van der Waals surface area contributed by atoms with Gasteiger partial charge in [0.15, 0.2) is 0 Å². The van der Waals surface area contributed by atoms with Crippen LogP contribution in [0.5, 0.6) is 0 Å². The van der Waals surface area contributed by atoms with Gasteiger partial charge in [0.2, 0.25) is 0 Å². The van der Waals surface area contributed by atoms with Gasteiger partial charge in [0.05, 0.1) is 0 Å². The molecule has 1 unspecified atom stereocenters. The SMILES string of the molecule is CCC(CC)CN(CC)C(CC)C(=O)O. The lowest BCUT2D eigenvalue weighted by molar-refractivity contribution is -0.143. The van der Waals surface area contributed by atoms with Crippen molar-refractivity contribution in [3.05, 3.63) is 0 Å². The number of nitrogens with zero attached hydrogens (tertiary/aromatic N) is 1. The van der Waals surface area contributed by atoms with Crippen molar-refractivity contribution in [2.75, 3.05) is 13.1 Å². The number of likely N-dealkylation sites (N-methyl/N-ethyl adjacent to an activating group) is 1. The van der Waals surface area contributed by atoms with Crippen LogP contribution in [0.2, 0.25) is 0 Å². The highest BCUT2D eigenvalue weighted by Crippen LogP contribution is 2.13. The van der Waals surface area contributed by atoms with E-state index in [2.05, 4.69) is 18.7 Å². The largest absolute Gasteiger partial charge is 0.480 e. The van der Waals surface area contributed by atoms with E-state index in [1.165, 1.54) is 0 Å². The molecule has 0 aliphatic carbocycles. The quantitative estimate of drug-likeness (QED) is 0.676. The predicted octanol–water partition coefficient (Wildman–Crippen LogP) is 2.61. The molecule has 3 heteroatoms. The minimum absolute atomic E-state index is 0.310. The molecule has 0 bridgehead atoms. The molecule has 0 aromatic heterocycles. The smallest absolute Gasteiger partial charge is 0.320 e. The Labute approximate surface area is 93.5 Å². The molecule has 0 aliphatic rings. The third kappa shape index (κ3) is 4.65. The molecule has 0 aromatic rings. The third-order valence-corrected chi connectivity index (χ3v) is 3.17. The van der Waals surface area contributed by atoms with Crippen LogP contribution in [0.15, 0.2) is 0 Å². The van der Waals surface area contributed by atoms with Gasteiger partial charge in [-0.2, -0.15) is 0 Å². The summed E-state index contributed by atoms with van der Waals surface area (Å²) in [6, 6.07) is -0.310. The summed E-state index contributed by atoms with van der Waals surface area (Å²) in [7, 11) is 0. The molecule has 0 aliphatic heterocycles. The lowest BCUT2D eigenvalue weighted by Crippen LogP contribution is -2.43. The van der Waals surface area contributed by atoms with E-state index in [0.29, 0.717) is 12.3 Å². The van der Waals surface area contributed by atoms with E-state index >= 15 is 0 Å². The summed E-state index contributed by atoms with van der Waals surface area (Å²) in [5.41, 5.74) is 0. The molecular weight excluding hydrogens is 190 g/mol. The van der Waals surface area contributed by atoms with Crippen LogP contribution in [0.25, 0.3) is 0 Å². The maximum absolute atomic E-state index is 11.0. The van der Waals surface area contributed by atoms with E-state index in [0.717, 1.165) is 25.9 Å². The van der Waals surface area contributed by atoms with Gasteiger partial charge in [-0.3, -0.25) is 9.69 Å². The maximum Gasteiger partial charge on any atom is 0.320 e. The average Bonchev–Trinajstić information content (AvgIpc) is 2.23. The molecule has 0 saturated heterocycles. The van der Waals surface area contributed by atoms with Gasteiger partial charge in [0.1, 0.15) is 6.04 Å². The van der Waals surface area contributed by atoms with Gasteiger partial charge in [-0.15, -0.1) is 0 Å². The first-order valence-electron chi connectivity index (χ1n) is 6.07. The van der Waals surface area contributed by atoms with Crippen LogP contribution in [-0.4, -0.2) is 35.1 Å². The van der Waals surface area contributed by atoms with E-state index in [-0.39, 0.29) is 6.04 Å². The van der Waals surface area contributed by atoms with Gasteiger partial charge in [-0.25, -0.2) is 0 Å². The van der Waals surface area contributed by atoms with Crippen molar-refractivity contribution in [2.45, 2.75) is 53.0 Å². The molecule has 0 spiro atoms. The van der Waals surface area contributed by atoms with Crippen molar-refractivity contribution in [3.8, 4) is 0 Å². The number of hydrogen-bond donors (Lipinski definition) is 1. The predicted molar refractivity (Wildman–Crippen MR) is 63.0 cm³/mol. The normalized spacial score (nSPS) is 13.5. The summed E-state index contributed by atoms with van der Waals surface area (Å²) in [6.07, 6.45) is 2.94. The highest BCUT2D eigenvalue weighted by molar-refractivity contribution is 5.73. The number of aliphatic carboxylic acids is 1. The van der Waals surface area contributed by atoms with Crippen LogP contribution in [0, 0.1) is 5.92 Å². The second-order valence-electron chi connectivity index (χ2n) is 4.03. The lowest BCUT2D eigenvalue weighted by Gasteiger charge is -2.30. The van der Waals surface area contributed by atoms with Gasteiger partial charge >= 0.3 is 5.97 Å². The number of hydrogen-bond acceptors (Lipinski definition) is 2. The number of carboxylic acid groups (broad SMARTS) is 1. The number of rotatable bonds is 8. The molecule has 3 nitrogen and oxygen atoms in total. The van der Waals surface area contributed by atoms with Crippen LogP contribution < -0.4 is 0 Å². The Kier molecular flexibility index (Phi) is 7.39. The van der Waals surface area contributed by atoms with Crippen molar-refractivity contribution >= 4 is 5.97 Å². The summed E-state index contributed by atoms with van der Waals surface area (Å²) in [6.45, 7) is 10.0. The van der Waals surface area contributed by atoms with E-state index in [4.69, 9.17) is 5.11 Å². The van der Waals surface area contributed by atoms with Crippen molar-refractivity contribution in [2.24, 2.45) is 5.92 Å². The zero-order valence-corrected chi connectivity index (χ0v) is 10.5. The first kappa shape index (κ1) is 14.4. The fourth-order valence-electron chi connectivity index (χ4n) is 1.94. The Balaban J connectivity index is 4.38. The van der Waals surface area contributed by atoms with Crippen LogP contribution in [0.1, 0.15) is 47.0 Å². The monoisotopic (exact) mass is 215 g/mol. The van der Waals surface area contributed by atoms with Gasteiger partial charge in [0.25, 0.3) is 0 Å². The minimum Gasteiger partial charge on any atom is -0.480 e. The van der Waals surface area contributed by atoms with E-state index in [1.807, 2.05) is 13.8 Å². The van der Waals surface area contributed by atoms with Crippen LogP contribution in [0.4, 0.5) is 0 Å². The molecule has 0 saturated carbocycles. The molecule has 1 atom stereocenters. The van der Waals surface area contributed by atoms with E-state index in [1.54, 1.807) is 0 Å². The summed E-state index contributed by atoms with van der Waals surface area (Å²) in [4.78, 5) is 13.1. The van der Waals surface area contributed by atoms with Gasteiger partial charge < -0.3 is 5.11 Å². The molecule has 0 heterocycles. The van der Waals surface area contributed by atoms with E-state index in [9.17, 15) is 4.79 Å². The molecule has 1 N–H and O–H groups in total. The van der Waals surface area contributed by atoms with Gasteiger partial charge in [-0.1, -0.05) is 40.5 Å². The van der Waals surface area contributed by atoms with Gasteiger partial charge in [-0.05, 0) is 18.9 Å². The fraction of sp³-hybridized carbons (Fsp3) is 0.917. The van der Waals surface area contributed by atoms with Crippen molar-refractivity contribution in [1.29, 1.82) is 0 Å². The Hall–Kier alpha value is -0.570. The number of carboxylic acids is 1. The fourth-order valence-corrected chi connectivity index (χ4v) is 1.94. The van der Waals surface area contributed by atoms with Crippen molar-refractivity contribution in [3.63, 3.8) is 0 Å². The summed E-state index contributed by atoms with van der Waals surface area (Å²) in [5, 5.41) is 9.09. The molecular formula is C12H25NO2. The second-order valence-corrected chi connectivity index (χ2v) is 4.03. The highest BCUT2D eigenvalue weighted by Gasteiger charge is 2.23. The molecule has 0 aromatic carbocycles. The van der Waals surface area contributed by atoms with Crippen molar-refractivity contribution < 1.29 is 9.90 Å². The molecule has 0 radical (unpaired) electrons. The first-order chi connectivity index (χ1) is 7.10. The Morgan fingerprint density at radius 1 is 1.13 bits per heavy atom. The topological polar surface area (TPSA) is 40.5 Å². The summed E-state index contributed by atoms with van der Waals surface area (Å²) < 4.78 is 0. The Bertz CT molecular complexity index is 178. The van der Waals surface area contributed by atoms with Crippen LogP contribution >= 0.6 is 0 Å². The average molecular weight is 215 g/mol. The third-order valence-electron chi connectivity index (χ3n) is 3.17. The standard InChI is InChI=1S/C12H25NO2/c1-5-10(6-2)9-13(8-4)11(7-3)12(14)15/h10-11H,5-9H2,1-4H3,(H,14,15). The minimum atomic E-state index is -0.690. The molecule has 90 valence electrons. The van der Waals surface area contributed by atoms with Crippen LogP contribution in [-0.2, 0) is 4.79 Å². The first-order valence-corrected chi connectivity index (χ1v) is 6.07. The van der Waals surface area contributed by atoms with Gasteiger partial charge in [0, 0.05) is 6.54 Å². The summed E-state index contributed by atoms with van der Waals surface area (Å²) >= 11 is 0. The molecule has 0 fully saturated rings. The second kappa shape index (κ2) is 7.69. The molecule has 15 heavy (non-hydrogen) atoms. The van der Waals surface area contributed by atoms with E-state index < -0.39 is 5.97 Å². The molecule has 0 rings (SSSR count).